The number of amides is 1. The molecule has 9 heteroatoms. The largest absolute Gasteiger partial charge is 0.348 e. The molecule has 3 aromatic rings. The van der Waals surface area contributed by atoms with Crippen LogP contribution < -0.4 is 5.32 Å². The molecule has 1 aliphatic heterocycles. The summed E-state index contributed by atoms with van der Waals surface area (Å²) >= 11 is 1.55. The van der Waals surface area contributed by atoms with E-state index in [2.05, 4.69) is 15.4 Å². The number of hydrogen-bond acceptors (Lipinski definition) is 6. The molecule has 1 unspecified atom stereocenters. The van der Waals surface area contributed by atoms with E-state index in [4.69, 9.17) is 0 Å². The number of thiophene rings is 1. The monoisotopic (exact) mass is 390 g/mol. The highest BCUT2D eigenvalue weighted by Gasteiger charge is 2.30. The van der Waals surface area contributed by atoms with Crippen molar-refractivity contribution in [1.29, 1.82) is 0 Å². The van der Waals surface area contributed by atoms with E-state index in [0.29, 0.717) is 28.7 Å². The number of carbonyl (C=O) groups is 1. The highest BCUT2D eigenvalue weighted by atomic mass is 32.2. The van der Waals surface area contributed by atoms with E-state index in [0.717, 1.165) is 10.6 Å². The van der Waals surface area contributed by atoms with Gasteiger partial charge in [-0.1, -0.05) is 6.07 Å². The van der Waals surface area contributed by atoms with Gasteiger partial charge in [0.25, 0.3) is 5.91 Å². The van der Waals surface area contributed by atoms with Crippen LogP contribution in [0, 0.1) is 6.92 Å². The smallest absolute Gasteiger partial charge is 0.252 e. The molecule has 1 fully saturated rings. The Hall–Kier alpha value is -2.26. The van der Waals surface area contributed by atoms with Crippen molar-refractivity contribution in [2.24, 2.45) is 7.05 Å². The predicted octanol–water partition coefficient (Wildman–Crippen LogP) is 1.92. The number of hydrogen-bond donors (Lipinski definition) is 1. The van der Waals surface area contributed by atoms with Crippen molar-refractivity contribution >= 4 is 38.1 Å². The Balaban J connectivity index is 1.79. The van der Waals surface area contributed by atoms with Crippen LogP contribution in [0.4, 0.5) is 0 Å². The first-order valence-electron chi connectivity index (χ1n) is 8.23. The number of aryl methyl sites for hydroxylation is 2. The second kappa shape index (κ2) is 6.17. The number of aromatic nitrogens is 3. The van der Waals surface area contributed by atoms with Crippen LogP contribution in [0.2, 0.25) is 0 Å². The van der Waals surface area contributed by atoms with Crippen LogP contribution in [-0.2, 0) is 16.9 Å². The zero-order valence-electron chi connectivity index (χ0n) is 14.4. The second-order valence-electron chi connectivity index (χ2n) is 6.51. The molecule has 1 aliphatic rings. The fourth-order valence-corrected chi connectivity index (χ4v) is 5.71. The van der Waals surface area contributed by atoms with Gasteiger partial charge >= 0.3 is 0 Å². The lowest BCUT2D eigenvalue weighted by Crippen LogP contribution is -2.35. The SMILES string of the molecule is Cc1nn(C)c2nc(-c3cccs3)cc(C(=O)NC3CCS(=O)(=O)C3)c12. The lowest BCUT2D eigenvalue weighted by atomic mass is 10.1. The Labute approximate surface area is 155 Å². The summed E-state index contributed by atoms with van der Waals surface area (Å²) in [6.45, 7) is 1.84. The average Bonchev–Trinajstić information content (AvgIpc) is 3.28. The van der Waals surface area contributed by atoms with Gasteiger partial charge < -0.3 is 5.32 Å². The van der Waals surface area contributed by atoms with Gasteiger partial charge in [-0.15, -0.1) is 11.3 Å². The van der Waals surface area contributed by atoms with E-state index in [-0.39, 0.29) is 23.5 Å². The van der Waals surface area contributed by atoms with Gasteiger partial charge in [-0.05, 0) is 30.9 Å². The minimum absolute atomic E-state index is 0.00320. The minimum atomic E-state index is -3.06. The van der Waals surface area contributed by atoms with Gasteiger partial charge in [0.2, 0.25) is 0 Å². The van der Waals surface area contributed by atoms with Crippen LogP contribution in [-0.4, -0.2) is 46.6 Å². The van der Waals surface area contributed by atoms with E-state index in [1.165, 1.54) is 0 Å². The Kier molecular flexibility index (Phi) is 4.07. The topological polar surface area (TPSA) is 93.9 Å². The average molecular weight is 390 g/mol. The molecule has 0 spiro atoms. The molecule has 1 N–H and O–H groups in total. The van der Waals surface area contributed by atoms with Gasteiger partial charge in [0, 0.05) is 13.1 Å². The van der Waals surface area contributed by atoms with Crippen molar-refractivity contribution in [3.8, 4) is 10.6 Å². The molecular formula is C17H18N4O3S2. The molecule has 0 aromatic carbocycles. The van der Waals surface area contributed by atoms with Gasteiger partial charge in [0.15, 0.2) is 15.5 Å². The quantitative estimate of drug-likeness (QED) is 0.737. The molecule has 0 radical (unpaired) electrons. The molecule has 1 saturated heterocycles. The highest BCUT2D eigenvalue weighted by molar-refractivity contribution is 7.91. The normalized spacial score (nSPS) is 19.1. The molecule has 136 valence electrons. The Morgan fingerprint density at radius 2 is 2.23 bits per heavy atom. The summed E-state index contributed by atoms with van der Waals surface area (Å²) in [7, 11) is -1.26. The summed E-state index contributed by atoms with van der Waals surface area (Å²) in [6.07, 6.45) is 0.450. The summed E-state index contributed by atoms with van der Waals surface area (Å²) < 4.78 is 25.0. The van der Waals surface area contributed by atoms with Gasteiger partial charge in [0.05, 0.1) is 38.7 Å². The van der Waals surface area contributed by atoms with Gasteiger partial charge in [-0.25, -0.2) is 13.4 Å². The number of pyridine rings is 1. The first-order chi connectivity index (χ1) is 12.3. The fraction of sp³-hybridized carbons (Fsp3) is 0.353. The van der Waals surface area contributed by atoms with Crippen LogP contribution in [0.5, 0.6) is 0 Å². The first-order valence-corrected chi connectivity index (χ1v) is 10.9. The molecule has 4 rings (SSSR count). The summed E-state index contributed by atoms with van der Waals surface area (Å²) in [6, 6.07) is 5.30. The van der Waals surface area contributed by atoms with Crippen molar-refractivity contribution < 1.29 is 13.2 Å². The third-order valence-electron chi connectivity index (χ3n) is 4.55. The lowest BCUT2D eigenvalue weighted by molar-refractivity contribution is 0.0942. The second-order valence-corrected chi connectivity index (χ2v) is 9.69. The zero-order valence-corrected chi connectivity index (χ0v) is 16.0. The lowest BCUT2D eigenvalue weighted by Gasteiger charge is -2.12. The number of nitrogens with one attached hydrogen (secondary N) is 1. The van der Waals surface area contributed by atoms with Gasteiger partial charge in [-0.2, -0.15) is 5.10 Å². The molecular weight excluding hydrogens is 372 g/mol. The zero-order chi connectivity index (χ0) is 18.5. The van der Waals surface area contributed by atoms with Crippen molar-refractivity contribution in [2.75, 3.05) is 11.5 Å². The van der Waals surface area contributed by atoms with E-state index in [1.807, 2.05) is 24.4 Å². The Morgan fingerprint density at radius 3 is 2.88 bits per heavy atom. The number of rotatable bonds is 3. The predicted molar refractivity (Wildman–Crippen MR) is 101 cm³/mol. The third kappa shape index (κ3) is 3.01. The maximum Gasteiger partial charge on any atom is 0.252 e. The molecule has 1 atom stereocenters. The van der Waals surface area contributed by atoms with E-state index < -0.39 is 9.84 Å². The summed E-state index contributed by atoms with van der Waals surface area (Å²) in [5.41, 5.74) is 2.54. The van der Waals surface area contributed by atoms with E-state index in [1.54, 1.807) is 29.1 Å². The van der Waals surface area contributed by atoms with Crippen molar-refractivity contribution in [3.05, 3.63) is 34.8 Å². The maximum atomic E-state index is 12.9. The van der Waals surface area contributed by atoms with Crippen LogP contribution in [0.3, 0.4) is 0 Å². The van der Waals surface area contributed by atoms with Gasteiger partial charge in [0.1, 0.15) is 0 Å². The number of sulfone groups is 1. The molecule has 0 saturated carbocycles. The molecule has 26 heavy (non-hydrogen) atoms. The van der Waals surface area contributed by atoms with Crippen LogP contribution in [0.15, 0.2) is 23.6 Å². The fourth-order valence-electron chi connectivity index (χ4n) is 3.35. The number of carbonyl (C=O) groups excluding carboxylic acids is 1. The molecule has 0 bridgehead atoms. The first kappa shape index (κ1) is 17.2. The maximum absolute atomic E-state index is 12.9. The van der Waals surface area contributed by atoms with Crippen LogP contribution in [0.25, 0.3) is 21.6 Å². The summed E-state index contributed by atoms with van der Waals surface area (Å²) in [5, 5.41) is 9.92. The Bertz CT molecular complexity index is 1100. The Morgan fingerprint density at radius 1 is 1.42 bits per heavy atom. The van der Waals surface area contributed by atoms with E-state index >= 15 is 0 Å². The molecule has 7 nitrogen and oxygen atoms in total. The van der Waals surface area contributed by atoms with Crippen LogP contribution >= 0.6 is 11.3 Å². The minimum Gasteiger partial charge on any atom is -0.348 e. The van der Waals surface area contributed by atoms with Crippen molar-refractivity contribution in [3.63, 3.8) is 0 Å². The summed E-state index contributed by atoms with van der Waals surface area (Å²) in [4.78, 5) is 18.6. The molecule has 3 aromatic heterocycles. The van der Waals surface area contributed by atoms with E-state index in [9.17, 15) is 13.2 Å². The highest BCUT2D eigenvalue weighted by Crippen LogP contribution is 2.29. The van der Waals surface area contributed by atoms with Gasteiger partial charge in [-0.3, -0.25) is 9.48 Å². The third-order valence-corrected chi connectivity index (χ3v) is 7.21. The molecule has 4 heterocycles. The summed E-state index contributed by atoms with van der Waals surface area (Å²) in [5.74, 6) is -0.166. The van der Waals surface area contributed by atoms with Crippen molar-refractivity contribution in [1.82, 2.24) is 20.1 Å². The van der Waals surface area contributed by atoms with Crippen molar-refractivity contribution in [2.45, 2.75) is 19.4 Å². The number of nitrogens with zero attached hydrogens (tertiary/aromatic N) is 3. The molecule has 1 amide bonds. The van der Waals surface area contributed by atoms with Crippen LogP contribution in [0.1, 0.15) is 22.5 Å². The standard InChI is InChI=1S/C17H18N4O3S2/c1-10-15-12(17(22)18-11-5-7-26(23,24)9-11)8-13(14-4-3-6-25-14)19-16(15)21(2)20-10/h3-4,6,8,11H,5,7,9H2,1-2H3,(H,18,22). The number of fused-ring (bicyclic) bond motifs is 1. The molecule has 0 aliphatic carbocycles.